The molecule has 5 nitrogen and oxygen atoms in total. The molecule has 118 valence electrons. The maximum absolute atomic E-state index is 12.0. The Labute approximate surface area is 130 Å². The number of hydrogen-bond donors (Lipinski definition) is 1. The molecule has 1 aromatic carbocycles. The van der Waals surface area contributed by atoms with Gasteiger partial charge in [0.25, 0.3) is 15.0 Å². The molecule has 1 N–H and O–H groups in total. The average molecular weight is 333 g/mol. The van der Waals surface area contributed by atoms with Gasteiger partial charge in [0.05, 0.1) is 5.69 Å². The Morgan fingerprint density at radius 1 is 1.33 bits per heavy atom. The summed E-state index contributed by atoms with van der Waals surface area (Å²) in [6.45, 7) is 4.68. The molecule has 0 spiro atoms. The Morgan fingerprint density at radius 3 is 2.43 bits per heavy atom. The number of carbonyl (C=O) groups is 1. The van der Waals surface area contributed by atoms with Crippen LogP contribution in [0.1, 0.15) is 30.6 Å². The fourth-order valence-corrected chi connectivity index (χ4v) is 2.94. The van der Waals surface area contributed by atoms with Crippen molar-refractivity contribution in [2.45, 2.75) is 25.2 Å². The van der Waals surface area contributed by atoms with E-state index in [1.807, 2.05) is 0 Å². The molecule has 0 bridgehead atoms. The summed E-state index contributed by atoms with van der Waals surface area (Å²) in [7, 11) is 4.95. The van der Waals surface area contributed by atoms with Crippen molar-refractivity contribution >= 4 is 31.3 Å². The highest BCUT2D eigenvalue weighted by Gasteiger charge is 2.19. The number of rotatable bonds is 6. The zero-order chi connectivity index (χ0) is 16.2. The first-order valence-electron chi connectivity index (χ1n) is 6.67. The number of carbonyl (C=O) groups excluding carboxylic acids is 1. The first kappa shape index (κ1) is 17.8. The van der Waals surface area contributed by atoms with Crippen LogP contribution in [-0.2, 0) is 9.05 Å². The van der Waals surface area contributed by atoms with Gasteiger partial charge in [-0.3, -0.25) is 4.79 Å². The van der Waals surface area contributed by atoms with Crippen LogP contribution in [0.3, 0.4) is 0 Å². The van der Waals surface area contributed by atoms with Crippen molar-refractivity contribution in [3.8, 4) is 0 Å². The highest BCUT2D eigenvalue weighted by molar-refractivity contribution is 8.13. The molecule has 0 unspecified atom stereocenters. The normalized spacial score (nSPS) is 11.5. The van der Waals surface area contributed by atoms with Crippen LogP contribution in [0, 0.1) is 5.92 Å². The third kappa shape index (κ3) is 5.21. The lowest BCUT2D eigenvalue weighted by Crippen LogP contribution is -2.25. The van der Waals surface area contributed by atoms with Gasteiger partial charge in [-0.25, -0.2) is 8.42 Å². The predicted octanol–water partition coefficient (Wildman–Crippen LogP) is 2.46. The van der Waals surface area contributed by atoms with Gasteiger partial charge < -0.3 is 10.2 Å². The van der Waals surface area contributed by atoms with E-state index in [1.165, 1.54) is 6.07 Å². The molecule has 0 radical (unpaired) electrons. The lowest BCUT2D eigenvalue weighted by molar-refractivity contribution is 0.0952. The first-order valence-corrected chi connectivity index (χ1v) is 8.98. The highest BCUT2D eigenvalue weighted by Crippen LogP contribution is 2.27. The molecule has 7 heteroatoms. The van der Waals surface area contributed by atoms with E-state index in [-0.39, 0.29) is 16.4 Å². The molecule has 1 amide bonds. The molecular weight excluding hydrogens is 312 g/mol. The SMILES string of the molecule is CC(C)CCNC(=O)c1ccc(N(C)C)c(S(=O)(=O)Cl)c1. The Hall–Kier alpha value is -1.27. The van der Waals surface area contributed by atoms with E-state index < -0.39 is 9.05 Å². The quantitative estimate of drug-likeness (QED) is 0.813. The summed E-state index contributed by atoms with van der Waals surface area (Å²) in [5.74, 6) is 0.183. The molecular formula is C14H21ClN2O3S. The predicted molar refractivity (Wildman–Crippen MR) is 85.6 cm³/mol. The van der Waals surface area contributed by atoms with Gasteiger partial charge in [0.15, 0.2) is 0 Å². The summed E-state index contributed by atoms with van der Waals surface area (Å²) >= 11 is 0. The fraction of sp³-hybridized carbons (Fsp3) is 0.500. The van der Waals surface area contributed by atoms with E-state index in [9.17, 15) is 13.2 Å². The molecule has 21 heavy (non-hydrogen) atoms. The molecule has 0 aliphatic carbocycles. The standard InChI is InChI=1S/C14H21ClN2O3S/c1-10(2)7-8-16-14(18)11-5-6-12(17(3)4)13(9-11)21(15,19)20/h5-6,9-10H,7-8H2,1-4H3,(H,16,18). The minimum Gasteiger partial charge on any atom is -0.377 e. The summed E-state index contributed by atoms with van der Waals surface area (Å²) < 4.78 is 23.3. The summed E-state index contributed by atoms with van der Waals surface area (Å²) in [5, 5.41) is 2.77. The van der Waals surface area contributed by atoms with Crippen molar-refractivity contribution < 1.29 is 13.2 Å². The summed E-state index contributed by atoms with van der Waals surface area (Å²) in [6, 6.07) is 4.47. The van der Waals surface area contributed by atoms with E-state index in [0.29, 0.717) is 18.2 Å². The second-order valence-corrected chi connectivity index (χ2v) is 7.99. The topological polar surface area (TPSA) is 66.5 Å². The number of amides is 1. The van der Waals surface area contributed by atoms with Crippen LogP contribution in [0.2, 0.25) is 0 Å². The monoisotopic (exact) mass is 332 g/mol. The first-order chi connectivity index (χ1) is 9.62. The number of nitrogens with zero attached hydrogens (tertiary/aromatic N) is 1. The maximum Gasteiger partial charge on any atom is 0.263 e. The van der Waals surface area contributed by atoms with Gasteiger partial charge in [-0.05, 0) is 30.5 Å². The van der Waals surface area contributed by atoms with Crippen molar-refractivity contribution in [3.63, 3.8) is 0 Å². The van der Waals surface area contributed by atoms with Crippen LogP contribution in [0.15, 0.2) is 23.1 Å². The Morgan fingerprint density at radius 2 is 1.95 bits per heavy atom. The summed E-state index contributed by atoms with van der Waals surface area (Å²) in [4.78, 5) is 13.6. The van der Waals surface area contributed by atoms with Gasteiger partial charge >= 0.3 is 0 Å². The van der Waals surface area contributed by atoms with Crippen LogP contribution in [0.5, 0.6) is 0 Å². The zero-order valence-electron chi connectivity index (χ0n) is 12.7. The molecule has 0 aromatic heterocycles. The van der Waals surface area contributed by atoms with Crippen LogP contribution in [-0.4, -0.2) is 35.0 Å². The Balaban J connectivity index is 3.03. The molecule has 0 aliphatic heterocycles. The Bertz CT molecular complexity index is 613. The lowest BCUT2D eigenvalue weighted by atomic mass is 10.1. The second-order valence-electron chi connectivity index (χ2n) is 5.45. The van der Waals surface area contributed by atoms with Gasteiger partial charge in [-0.1, -0.05) is 13.8 Å². The largest absolute Gasteiger partial charge is 0.377 e. The summed E-state index contributed by atoms with van der Waals surface area (Å²) in [5.41, 5.74) is 0.729. The number of nitrogens with one attached hydrogen (secondary N) is 1. The smallest absolute Gasteiger partial charge is 0.263 e. The minimum absolute atomic E-state index is 0.0642. The third-order valence-corrected chi connectivity index (χ3v) is 4.32. The van der Waals surface area contributed by atoms with Gasteiger partial charge in [0.2, 0.25) is 0 Å². The highest BCUT2D eigenvalue weighted by atomic mass is 35.7. The van der Waals surface area contributed by atoms with Crippen LogP contribution in [0.25, 0.3) is 0 Å². The molecule has 0 saturated carbocycles. The van der Waals surface area contributed by atoms with Crippen molar-refractivity contribution in [2.24, 2.45) is 5.92 Å². The third-order valence-electron chi connectivity index (χ3n) is 2.97. The van der Waals surface area contributed by atoms with Crippen molar-refractivity contribution in [2.75, 3.05) is 25.5 Å². The van der Waals surface area contributed by atoms with Crippen molar-refractivity contribution in [3.05, 3.63) is 23.8 Å². The number of halogens is 1. The molecule has 0 aliphatic rings. The van der Waals surface area contributed by atoms with Gasteiger partial charge in [-0.2, -0.15) is 0 Å². The number of benzene rings is 1. The zero-order valence-corrected chi connectivity index (χ0v) is 14.3. The van der Waals surface area contributed by atoms with Crippen LogP contribution in [0.4, 0.5) is 5.69 Å². The van der Waals surface area contributed by atoms with Gasteiger partial charge in [-0.15, -0.1) is 0 Å². The molecule has 1 aromatic rings. The van der Waals surface area contributed by atoms with E-state index >= 15 is 0 Å². The maximum atomic E-state index is 12.0. The molecule has 0 fully saturated rings. The molecule has 1 rings (SSSR count). The second kappa shape index (κ2) is 7.13. The van der Waals surface area contributed by atoms with E-state index in [4.69, 9.17) is 10.7 Å². The van der Waals surface area contributed by atoms with Crippen molar-refractivity contribution in [1.29, 1.82) is 0 Å². The molecule has 0 atom stereocenters. The van der Waals surface area contributed by atoms with Crippen LogP contribution >= 0.6 is 10.7 Å². The number of hydrogen-bond acceptors (Lipinski definition) is 4. The van der Waals surface area contributed by atoms with Gasteiger partial charge in [0, 0.05) is 36.9 Å². The van der Waals surface area contributed by atoms with E-state index in [1.54, 1.807) is 31.1 Å². The minimum atomic E-state index is -3.92. The molecule has 0 saturated heterocycles. The fourth-order valence-electron chi connectivity index (χ4n) is 1.80. The van der Waals surface area contributed by atoms with E-state index in [2.05, 4.69) is 19.2 Å². The molecule has 0 heterocycles. The average Bonchev–Trinajstić information content (AvgIpc) is 2.36. The van der Waals surface area contributed by atoms with Crippen LogP contribution < -0.4 is 10.2 Å². The lowest BCUT2D eigenvalue weighted by Gasteiger charge is -2.16. The van der Waals surface area contributed by atoms with E-state index in [0.717, 1.165) is 6.42 Å². The number of anilines is 1. The van der Waals surface area contributed by atoms with Gasteiger partial charge in [0.1, 0.15) is 4.90 Å². The van der Waals surface area contributed by atoms with Crippen molar-refractivity contribution in [1.82, 2.24) is 5.32 Å². The summed E-state index contributed by atoms with van der Waals surface area (Å²) in [6.07, 6.45) is 0.863. The Kier molecular flexibility index (Phi) is 6.04.